The summed E-state index contributed by atoms with van der Waals surface area (Å²) in [5, 5.41) is 2.82. The zero-order chi connectivity index (χ0) is 13.1. The highest BCUT2D eigenvalue weighted by atomic mass is 19.4. The third-order valence-electron chi connectivity index (χ3n) is 2.18. The van der Waals surface area contributed by atoms with Gasteiger partial charge in [0.15, 0.2) is 0 Å². The van der Waals surface area contributed by atoms with Gasteiger partial charge in [-0.05, 0) is 30.8 Å². The Bertz CT molecular complexity index is 376. The molecule has 1 aromatic rings. The number of halogens is 4. The first-order valence-corrected chi connectivity index (χ1v) is 5.04. The van der Waals surface area contributed by atoms with Crippen molar-refractivity contribution in [3.05, 3.63) is 29.6 Å². The van der Waals surface area contributed by atoms with Crippen molar-refractivity contribution in [2.45, 2.75) is 12.7 Å². The summed E-state index contributed by atoms with van der Waals surface area (Å²) < 4.78 is 49.8. The van der Waals surface area contributed by atoms with Crippen molar-refractivity contribution < 1.29 is 17.6 Å². The van der Waals surface area contributed by atoms with Crippen molar-refractivity contribution in [1.29, 1.82) is 0 Å². The van der Waals surface area contributed by atoms with E-state index in [0.717, 1.165) is 11.0 Å². The highest BCUT2D eigenvalue weighted by molar-refractivity contribution is 5.48. The molecule has 0 atom stereocenters. The lowest BCUT2D eigenvalue weighted by atomic mass is 10.2. The average Bonchev–Trinajstić information content (AvgIpc) is 2.14. The first-order valence-electron chi connectivity index (χ1n) is 5.04. The van der Waals surface area contributed by atoms with E-state index in [0.29, 0.717) is 12.1 Å². The number of benzene rings is 1. The molecule has 0 bridgehead atoms. The Balaban J connectivity index is 2.89. The Morgan fingerprint density at radius 1 is 1.24 bits per heavy atom. The predicted octanol–water partition coefficient (Wildman–Crippen LogP) is 2.54. The van der Waals surface area contributed by atoms with Crippen molar-refractivity contribution in [3.8, 4) is 0 Å². The summed E-state index contributed by atoms with van der Waals surface area (Å²) in [6, 6.07) is 3.91. The highest BCUT2D eigenvalue weighted by Crippen LogP contribution is 2.22. The molecule has 0 fully saturated rings. The van der Waals surface area contributed by atoms with Crippen molar-refractivity contribution in [1.82, 2.24) is 5.32 Å². The van der Waals surface area contributed by atoms with Gasteiger partial charge < -0.3 is 10.2 Å². The van der Waals surface area contributed by atoms with Gasteiger partial charge >= 0.3 is 6.18 Å². The average molecular weight is 250 g/mol. The van der Waals surface area contributed by atoms with Crippen LogP contribution in [-0.2, 0) is 6.54 Å². The lowest BCUT2D eigenvalue weighted by Crippen LogP contribution is -2.31. The van der Waals surface area contributed by atoms with Crippen molar-refractivity contribution in [2.24, 2.45) is 0 Å². The van der Waals surface area contributed by atoms with E-state index in [1.807, 2.05) is 0 Å². The minimum atomic E-state index is -4.30. The van der Waals surface area contributed by atoms with E-state index in [-0.39, 0.29) is 5.69 Å². The minimum Gasteiger partial charge on any atom is -0.366 e. The summed E-state index contributed by atoms with van der Waals surface area (Å²) in [6.45, 7) is -0.694. The molecule has 0 unspecified atom stereocenters. The van der Waals surface area contributed by atoms with Crippen LogP contribution in [-0.4, -0.2) is 26.8 Å². The molecule has 0 aromatic heterocycles. The van der Waals surface area contributed by atoms with Crippen LogP contribution in [0.15, 0.2) is 18.2 Å². The number of nitrogens with one attached hydrogen (secondary N) is 1. The largest absolute Gasteiger partial charge is 0.405 e. The molecule has 1 aromatic carbocycles. The zero-order valence-corrected chi connectivity index (χ0v) is 9.61. The Morgan fingerprint density at radius 3 is 2.41 bits per heavy atom. The fourth-order valence-electron chi connectivity index (χ4n) is 1.52. The van der Waals surface area contributed by atoms with E-state index in [4.69, 9.17) is 0 Å². The molecule has 0 radical (unpaired) electrons. The standard InChI is InChI=1S/C11H14F4N2/c1-16-6-8-3-9(12)5-10(4-8)17(2)7-11(13,14)15/h3-5,16H,6-7H2,1-2H3. The zero-order valence-electron chi connectivity index (χ0n) is 9.61. The number of alkyl halides is 3. The predicted molar refractivity (Wildman–Crippen MR) is 58.5 cm³/mol. The Labute approximate surface area is 97.2 Å². The van der Waals surface area contributed by atoms with E-state index in [1.54, 1.807) is 7.05 Å². The van der Waals surface area contributed by atoms with E-state index >= 15 is 0 Å². The molecule has 1 N–H and O–H groups in total. The van der Waals surface area contributed by atoms with Gasteiger partial charge in [0.25, 0.3) is 0 Å². The van der Waals surface area contributed by atoms with Crippen LogP contribution < -0.4 is 10.2 Å². The van der Waals surface area contributed by atoms with Gasteiger partial charge in [-0.3, -0.25) is 0 Å². The normalized spacial score (nSPS) is 11.6. The topological polar surface area (TPSA) is 15.3 Å². The molecule has 0 aliphatic heterocycles. The quantitative estimate of drug-likeness (QED) is 0.826. The third-order valence-corrected chi connectivity index (χ3v) is 2.18. The second-order valence-electron chi connectivity index (χ2n) is 3.82. The summed E-state index contributed by atoms with van der Waals surface area (Å²) in [7, 11) is 2.97. The molecule has 96 valence electrons. The molecule has 1 rings (SSSR count). The molecule has 2 nitrogen and oxygen atoms in total. The van der Waals surface area contributed by atoms with Gasteiger partial charge in [0.1, 0.15) is 12.4 Å². The first-order chi connectivity index (χ1) is 7.81. The monoisotopic (exact) mass is 250 g/mol. The Kier molecular flexibility index (Phi) is 4.34. The molecule has 0 aliphatic rings. The number of hydrogen-bond donors (Lipinski definition) is 1. The van der Waals surface area contributed by atoms with Crippen LogP contribution >= 0.6 is 0 Å². The summed E-state index contributed by atoms with van der Waals surface area (Å²) in [4.78, 5) is 0.974. The van der Waals surface area contributed by atoms with Crippen molar-refractivity contribution >= 4 is 5.69 Å². The van der Waals surface area contributed by atoms with Gasteiger partial charge in [-0.15, -0.1) is 0 Å². The van der Waals surface area contributed by atoms with Gasteiger partial charge in [-0.2, -0.15) is 13.2 Å². The number of nitrogens with zero attached hydrogens (tertiary/aromatic N) is 1. The lowest BCUT2D eigenvalue weighted by molar-refractivity contribution is -0.119. The third kappa shape index (κ3) is 4.60. The SMILES string of the molecule is CNCc1cc(F)cc(N(C)CC(F)(F)F)c1. The molecular weight excluding hydrogens is 236 g/mol. The number of hydrogen-bond acceptors (Lipinski definition) is 2. The summed E-state index contributed by atoms with van der Waals surface area (Å²) >= 11 is 0. The lowest BCUT2D eigenvalue weighted by Gasteiger charge is -2.21. The van der Waals surface area contributed by atoms with E-state index in [2.05, 4.69) is 5.32 Å². The van der Waals surface area contributed by atoms with Crippen molar-refractivity contribution in [3.63, 3.8) is 0 Å². The Hall–Kier alpha value is -1.30. The van der Waals surface area contributed by atoms with Crippen LogP contribution in [0.25, 0.3) is 0 Å². The van der Waals surface area contributed by atoms with Gasteiger partial charge in [0.05, 0.1) is 0 Å². The van der Waals surface area contributed by atoms with Gasteiger partial charge in [-0.1, -0.05) is 0 Å². The molecule has 0 heterocycles. The molecule has 0 spiro atoms. The van der Waals surface area contributed by atoms with E-state index in [1.165, 1.54) is 19.2 Å². The van der Waals surface area contributed by atoms with Crippen LogP contribution in [0.3, 0.4) is 0 Å². The molecular formula is C11H14F4N2. The summed E-state index contributed by atoms with van der Waals surface area (Å²) in [5.41, 5.74) is 0.823. The molecule has 0 amide bonds. The van der Waals surface area contributed by atoms with E-state index in [9.17, 15) is 17.6 Å². The Morgan fingerprint density at radius 2 is 1.88 bits per heavy atom. The fraction of sp³-hybridized carbons (Fsp3) is 0.455. The van der Waals surface area contributed by atoms with Crippen LogP contribution in [0.2, 0.25) is 0 Å². The van der Waals surface area contributed by atoms with Gasteiger partial charge in [0.2, 0.25) is 0 Å². The maximum atomic E-state index is 13.2. The minimum absolute atomic E-state index is 0.215. The summed E-state index contributed by atoms with van der Waals surface area (Å²) in [5.74, 6) is -0.540. The van der Waals surface area contributed by atoms with E-state index < -0.39 is 18.5 Å². The maximum Gasteiger partial charge on any atom is 0.405 e. The number of anilines is 1. The highest BCUT2D eigenvalue weighted by Gasteiger charge is 2.29. The molecule has 0 aliphatic carbocycles. The van der Waals surface area contributed by atoms with Gasteiger partial charge in [-0.25, -0.2) is 4.39 Å². The van der Waals surface area contributed by atoms with Gasteiger partial charge in [0, 0.05) is 19.3 Å². The first kappa shape index (κ1) is 13.8. The molecule has 0 saturated carbocycles. The molecule has 17 heavy (non-hydrogen) atoms. The summed E-state index contributed by atoms with van der Waals surface area (Å²) in [6.07, 6.45) is -4.30. The van der Waals surface area contributed by atoms with Crippen LogP contribution in [0, 0.1) is 5.82 Å². The van der Waals surface area contributed by atoms with Crippen LogP contribution in [0.4, 0.5) is 23.2 Å². The second kappa shape index (κ2) is 5.35. The number of rotatable bonds is 4. The fourth-order valence-corrected chi connectivity index (χ4v) is 1.52. The maximum absolute atomic E-state index is 13.2. The second-order valence-corrected chi connectivity index (χ2v) is 3.82. The van der Waals surface area contributed by atoms with Crippen molar-refractivity contribution in [2.75, 3.05) is 25.5 Å². The van der Waals surface area contributed by atoms with Crippen LogP contribution in [0.1, 0.15) is 5.56 Å². The molecule has 0 saturated heterocycles. The molecule has 6 heteroatoms. The van der Waals surface area contributed by atoms with Crippen LogP contribution in [0.5, 0.6) is 0 Å². The smallest absolute Gasteiger partial charge is 0.366 e.